The maximum absolute atomic E-state index is 12.4. The summed E-state index contributed by atoms with van der Waals surface area (Å²) in [4.78, 5) is 21.8. The maximum atomic E-state index is 12.4. The number of halogens is 2. The third-order valence-electron chi connectivity index (χ3n) is 4.39. The number of phenols is 1. The minimum absolute atomic E-state index is 0.0955. The molecule has 34 heavy (non-hydrogen) atoms. The van der Waals surface area contributed by atoms with Crippen LogP contribution in [0.25, 0.3) is 0 Å². The molecule has 0 fully saturated rings. The fourth-order valence-corrected chi connectivity index (χ4v) is 4.77. The van der Waals surface area contributed by atoms with Gasteiger partial charge in [0.05, 0.1) is 15.0 Å². The molecule has 0 saturated carbocycles. The Morgan fingerprint density at radius 2 is 1.68 bits per heavy atom. The Morgan fingerprint density at radius 3 is 2.21 bits per heavy atom. The lowest BCUT2D eigenvalue weighted by Crippen LogP contribution is -2.27. The van der Waals surface area contributed by atoms with Crippen molar-refractivity contribution in [2.24, 2.45) is 0 Å². The second kappa shape index (κ2) is 12.3. The van der Waals surface area contributed by atoms with Crippen molar-refractivity contribution in [2.75, 3.05) is 13.7 Å². The summed E-state index contributed by atoms with van der Waals surface area (Å²) in [6.07, 6.45) is -1.42. The van der Waals surface area contributed by atoms with Crippen LogP contribution in [0, 0.1) is 0 Å². The first kappa shape index (κ1) is 28.5. The maximum Gasteiger partial charge on any atom is 0.508 e. The van der Waals surface area contributed by atoms with E-state index in [1.807, 2.05) is 13.8 Å². The molecule has 0 radical (unpaired) electrons. The highest BCUT2D eigenvalue weighted by atomic mass is 79.9. The smallest absolute Gasteiger partial charge is 0.508 e. The zero-order valence-electron chi connectivity index (χ0n) is 19.3. The summed E-state index contributed by atoms with van der Waals surface area (Å²) < 4.78 is 39.4. The van der Waals surface area contributed by atoms with Crippen LogP contribution in [-0.4, -0.2) is 41.8 Å². The molecule has 9 nitrogen and oxygen atoms in total. The second-order valence-corrected chi connectivity index (χ2v) is 11.5. The summed E-state index contributed by atoms with van der Waals surface area (Å²) in [5.41, 5.74) is 0.738. The summed E-state index contributed by atoms with van der Waals surface area (Å²) >= 11 is 6.82. The summed E-state index contributed by atoms with van der Waals surface area (Å²) in [7, 11) is -3.25. The Hall–Kier alpha value is -1.78. The van der Waals surface area contributed by atoms with Gasteiger partial charge in [0.1, 0.15) is 23.9 Å². The normalized spacial score (nSPS) is 13.9. The molecule has 0 bridgehead atoms. The van der Waals surface area contributed by atoms with Gasteiger partial charge in [0.2, 0.25) is 5.85 Å². The van der Waals surface area contributed by atoms with Crippen molar-refractivity contribution in [3.63, 3.8) is 0 Å². The monoisotopic (exact) mass is 624 g/mol. The molecule has 2 aromatic carbocycles. The molecule has 0 aliphatic rings. The molecule has 0 amide bonds. The highest BCUT2D eigenvalue weighted by Gasteiger charge is 2.35. The van der Waals surface area contributed by atoms with Crippen LogP contribution in [0.5, 0.6) is 23.0 Å². The largest absolute Gasteiger partial charge is 0.508 e. The predicted molar refractivity (Wildman–Crippen MR) is 133 cm³/mol. The number of rotatable bonds is 10. The average molecular weight is 626 g/mol. The van der Waals surface area contributed by atoms with E-state index in [0.717, 1.165) is 12.7 Å². The van der Waals surface area contributed by atoms with E-state index >= 15 is 0 Å². The number of hydrogen-bond acceptors (Lipinski definition) is 8. The van der Waals surface area contributed by atoms with E-state index in [2.05, 4.69) is 36.4 Å². The van der Waals surface area contributed by atoms with Crippen LogP contribution in [0.4, 0.5) is 4.79 Å². The van der Waals surface area contributed by atoms with E-state index in [-0.39, 0.29) is 17.4 Å². The number of benzene rings is 2. The molecule has 2 rings (SSSR count). The summed E-state index contributed by atoms with van der Waals surface area (Å²) in [6.45, 7) is 6.62. The molecule has 0 aromatic heterocycles. The lowest BCUT2D eigenvalue weighted by atomic mass is 10.0. The lowest BCUT2D eigenvalue weighted by Gasteiger charge is -2.23. The number of carbonyl (C=O) groups excluding carboxylic acids is 1. The van der Waals surface area contributed by atoms with Gasteiger partial charge in [-0.05, 0) is 82.0 Å². The highest BCUT2D eigenvalue weighted by Crippen LogP contribution is 2.48. The standard InChI is InChI=1S/C22H27Br2O9P/c1-12(2)16-8-14(6-7-19(16)25)33-21-17(23)9-15(10-18(21)24)32-20(34(27,28)29-5)11-30-22(26)31-13(3)4/h6-10,12-13,20,25H,11H2,1-5H3,(H,27,28). The molecular formula is C22H27Br2O9P. The predicted octanol–water partition coefficient (Wildman–Crippen LogP) is 6.93. The van der Waals surface area contributed by atoms with Gasteiger partial charge in [-0.15, -0.1) is 0 Å². The van der Waals surface area contributed by atoms with Gasteiger partial charge in [-0.3, -0.25) is 4.57 Å². The van der Waals surface area contributed by atoms with E-state index < -0.39 is 32.3 Å². The Balaban J connectivity index is 2.24. The zero-order chi connectivity index (χ0) is 25.6. The number of carbonyl (C=O) groups is 1. The third-order valence-corrected chi connectivity index (χ3v) is 7.07. The SMILES string of the molecule is COP(=O)(O)C(COC(=O)OC(C)C)Oc1cc(Br)c(Oc2ccc(O)c(C(C)C)c2)c(Br)c1. The average Bonchev–Trinajstić information content (AvgIpc) is 2.74. The van der Waals surface area contributed by atoms with Crippen LogP contribution >= 0.6 is 39.5 Å². The Kier molecular flexibility index (Phi) is 10.3. The molecule has 2 N–H and O–H groups in total. The second-order valence-electron chi connectivity index (χ2n) is 7.74. The van der Waals surface area contributed by atoms with Gasteiger partial charge < -0.3 is 33.5 Å². The zero-order valence-corrected chi connectivity index (χ0v) is 23.3. The Bertz CT molecular complexity index is 1040. The van der Waals surface area contributed by atoms with Gasteiger partial charge in [-0.2, -0.15) is 0 Å². The molecule has 0 aliphatic heterocycles. The van der Waals surface area contributed by atoms with Gasteiger partial charge >= 0.3 is 13.8 Å². The van der Waals surface area contributed by atoms with Crippen LogP contribution in [0.3, 0.4) is 0 Å². The molecule has 0 aliphatic carbocycles. The summed E-state index contributed by atoms with van der Waals surface area (Å²) in [5, 5.41) is 10.0. The van der Waals surface area contributed by atoms with Crippen molar-refractivity contribution in [3.05, 3.63) is 44.8 Å². The van der Waals surface area contributed by atoms with Crippen LogP contribution in [0.2, 0.25) is 0 Å². The molecule has 0 heterocycles. The summed E-state index contributed by atoms with van der Waals surface area (Å²) in [5.74, 6) is -0.129. The number of ether oxygens (including phenoxy) is 4. The van der Waals surface area contributed by atoms with E-state index in [1.165, 1.54) is 12.1 Å². The molecule has 12 heteroatoms. The fraction of sp³-hybridized carbons (Fsp3) is 0.409. The first-order chi connectivity index (χ1) is 15.8. The van der Waals surface area contributed by atoms with Gasteiger partial charge in [-0.1, -0.05) is 13.8 Å². The molecular weight excluding hydrogens is 599 g/mol. The van der Waals surface area contributed by atoms with Crippen molar-refractivity contribution in [1.82, 2.24) is 0 Å². The van der Waals surface area contributed by atoms with E-state index in [4.69, 9.17) is 18.9 Å². The molecule has 0 spiro atoms. The van der Waals surface area contributed by atoms with E-state index in [9.17, 15) is 19.4 Å². The highest BCUT2D eigenvalue weighted by molar-refractivity contribution is 9.11. The topological polar surface area (TPSA) is 121 Å². The van der Waals surface area contributed by atoms with Crippen molar-refractivity contribution < 1.29 is 42.8 Å². The number of hydrogen-bond donors (Lipinski definition) is 2. The van der Waals surface area contributed by atoms with Crippen LogP contribution in [-0.2, 0) is 18.6 Å². The number of phenolic OH excluding ortho intramolecular Hbond substituents is 1. The summed E-state index contributed by atoms with van der Waals surface area (Å²) in [6, 6.07) is 7.99. The van der Waals surface area contributed by atoms with Crippen molar-refractivity contribution in [3.8, 4) is 23.0 Å². The van der Waals surface area contributed by atoms with Gasteiger partial charge in [-0.25, -0.2) is 4.79 Å². The van der Waals surface area contributed by atoms with Gasteiger partial charge in [0.15, 0.2) is 5.75 Å². The van der Waals surface area contributed by atoms with E-state index in [1.54, 1.807) is 32.0 Å². The minimum atomic E-state index is -4.30. The van der Waals surface area contributed by atoms with Crippen LogP contribution in [0.1, 0.15) is 39.2 Å². The quantitative estimate of drug-likeness (QED) is 0.214. The third kappa shape index (κ3) is 7.88. The first-order valence-electron chi connectivity index (χ1n) is 10.2. The lowest BCUT2D eigenvalue weighted by molar-refractivity contribution is 0.0193. The fourth-order valence-electron chi connectivity index (χ4n) is 2.71. The minimum Gasteiger partial charge on any atom is -0.508 e. The van der Waals surface area contributed by atoms with E-state index in [0.29, 0.717) is 20.4 Å². The van der Waals surface area contributed by atoms with Gasteiger partial charge in [0.25, 0.3) is 0 Å². The number of aromatic hydroxyl groups is 1. The Labute approximate surface area is 215 Å². The van der Waals surface area contributed by atoms with Crippen molar-refractivity contribution in [2.45, 2.75) is 45.6 Å². The first-order valence-corrected chi connectivity index (χ1v) is 13.4. The van der Waals surface area contributed by atoms with Crippen molar-refractivity contribution in [1.29, 1.82) is 0 Å². The Morgan fingerprint density at radius 1 is 1.06 bits per heavy atom. The molecule has 2 unspecified atom stereocenters. The van der Waals surface area contributed by atoms with Crippen LogP contribution < -0.4 is 9.47 Å². The molecule has 2 atom stereocenters. The molecule has 188 valence electrons. The molecule has 2 aromatic rings. The van der Waals surface area contributed by atoms with Crippen LogP contribution in [0.15, 0.2) is 39.3 Å². The van der Waals surface area contributed by atoms with Gasteiger partial charge in [0, 0.05) is 12.7 Å². The van der Waals surface area contributed by atoms with Crippen molar-refractivity contribution >= 4 is 45.6 Å². The molecule has 0 saturated heterocycles.